The molecule has 2 aromatic heterocycles. The number of fused-ring (bicyclic) bond motifs is 1. The molecule has 1 atom stereocenters. The summed E-state index contributed by atoms with van der Waals surface area (Å²) >= 11 is 1.35. The first-order valence-electron chi connectivity index (χ1n) is 8.51. The predicted molar refractivity (Wildman–Crippen MR) is 102 cm³/mol. The molecule has 1 aromatic carbocycles. The molecule has 3 rings (SSSR count). The number of aromatic nitrogens is 2. The summed E-state index contributed by atoms with van der Waals surface area (Å²) < 4.78 is 14.5. The second-order valence-corrected chi connectivity index (χ2v) is 7.13. The Bertz CT molecular complexity index is 979. The molecule has 136 valence electrons. The monoisotopic (exact) mass is 373 g/mol. The van der Waals surface area contributed by atoms with Crippen molar-refractivity contribution in [3.8, 4) is 11.1 Å². The molecule has 0 bridgehead atoms. The number of amides is 1. The molecule has 3 aromatic rings. The Hall–Kier alpha value is -2.54. The lowest BCUT2D eigenvalue weighted by molar-refractivity contribution is -0.122. The molecule has 0 saturated carbocycles. The van der Waals surface area contributed by atoms with Crippen LogP contribution in [0.4, 0.5) is 4.39 Å². The van der Waals surface area contributed by atoms with E-state index in [2.05, 4.69) is 17.2 Å². The number of hydrogen-bond donors (Lipinski definition) is 1. The van der Waals surface area contributed by atoms with Crippen LogP contribution in [0.15, 0.2) is 40.8 Å². The molecule has 0 radical (unpaired) electrons. The molecule has 5 nitrogen and oxygen atoms in total. The van der Waals surface area contributed by atoms with Crippen molar-refractivity contribution in [1.82, 2.24) is 14.9 Å². The molecule has 0 aliphatic heterocycles. The van der Waals surface area contributed by atoms with Crippen LogP contribution in [0, 0.1) is 5.82 Å². The molecule has 0 aliphatic rings. The topological polar surface area (TPSA) is 64.0 Å². The summed E-state index contributed by atoms with van der Waals surface area (Å²) in [6, 6.07) is 6.04. The van der Waals surface area contributed by atoms with Gasteiger partial charge in [-0.3, -0.25) is 14.2 Å². The summed E-state index contributed by atoms with van der Waals surface area (Å²) in [7, 11) is 0. The zero-order valence-corrected chi connectivity index (χ0v) is 15.5. The Kier molecular flexibility index (Phi) is 5.46. The van der Waals surface area contributed by atoms with E-state index in [9.17, 15) is 14.0 Å². The van der Waals surface area contributed by atoms with Crippen LogP contribution >= 0.6 is 11.3 Å². The molecule has 7 heteroatoms. The maximum Gasteiger partial charge on any atom is 0.263 e. The smallest absolute Gasteiger partial charge is 0.263 e. The summed E-state index contributed by atoms with van der Waals surface area (Å²) in [4.78, 5) is 30.0. The van der Waals surface area contributed by atoms with Gasteiger partial charge in [0.05, 0.1) is 11.7 Å². The fourth-order valence-corrected chi connectivity index (χ4v) is 3.81. The van der Waals surface area contributed by atoms with E-state index in [1.807, 2.05) is 12.3 Å². The Morgan fingerprint density at radius 2 is 2.08 bits per heavy atom. The molecule has 0 saturated heterocycles. The molecule has 1 amide bonds. The van der Waals surface area contributed by atoms with Crippen molar-refractivity contribution in [3.05, 3.63) is 52.1 Å². The number of benzene rings is 1. The van der Waals surface area contributed by atoms with Crippen molar-refractivity contribution < 1.29 is 9.18 Å². The zero-order valence-electron chi connectivity index (χ0n) is 14.7. The molecule has 0 spiro atoms. The maximum atomic E-state index is 13.2. The Morgan fingerprint density at radius 1 is 1.35 bits per heavy atom. The van der Waals surface area contributed by atoms with Crippen LogP contribution < -0.4 is 10.9 Å². The molecule has 2 heterocycles. The summed E-state index contributed by atoms with van der Waals surface area (Å²) in [6.07, 6.45) is 3.27. The first-order chi connectivity index (χ1) is 12.5. The van der Waals surface area contributed by atoms with E-state index in [-0.39, 0.29) is 29.9 Å². The van der Waals surface area contributed by atoms with Crippen LogP contribution in [0.3, 0.4) is 0 Å². The van der Waals surface area contributed by atoms with E-state index in [0.717, 1.165) is 18.4 Å². The lowest BCUT2D eigenvalue weighted by Crippen LogP contribution is -2.37. The molecule has 0 fully saturated rings. The Balaban J connectivity index is 1.93. The van der Waals surface area contributed by atoms with Gasteiger partial charge in [0.2, 0.25) is 5.91 Å². The average Bonchev–Trinajstić information content (AvgIpc) is 3.03. The normalized spacial score (nSPS) is 12.3. The second-order valence-electron chi connectivity index (χ2n) is 6.27. The number of carbonyl (C=O) groups excluding carboxylic acids is 1. The number of halogens is 1. The highest BCUT2D eigenvalue weighted by molar-refractivity contribution is 7.17. The number of thiophene rings is 1. The van der Waals surface area contributed by atoms with E-state index in [1.54, 1.807) is 12.1 Å². The summed E-state index contributed by atoms with van der Waals surface area (Å²) in [6.45, 7) is 3.92. The van der Waals surface area contributed by atoms with Gasteiger partial charge in [0.15, 0.2) is 0 Å². The number of nitrogens with zero attached hydrogens (tertiary/aromatic N) is 2. The molecule has 1 unspecified atom stereocenters. The number of rotatable bonds is 6. The van der Waals surface area contributed by atoms with Crippen LogP contribution in [-0.2, 0) is 11.3 Å². The van der Waals surface area contributed by atoms with Gasteiger partial charge in [0, 0.05) is 17.0 Å². The first kappa shape index (κ1) is 18.3. The Morgan fingerprint density at radius 3 is 2.77 bits per heavy atom. The standard InChI is InChI=1S/C19H20FN3O2S/c1-3-4-12(2)22-16(24)9-23-11-21-18-17(19(23)25)15(10-26-18)13-5-7-14(20)8-6-13/h5-8,10-12H,3-4,9H2,1-2H3,(H,22,24). The lowest BCUT2D eigenvalue weighted by Gasteiger charge is -2.13. The van der Waals surface area contributed by atoms with Gasteiger partial charge in [-0.1, -0.05) is 25.5 Å². The maximum absolute atomic E-state index is 13.2. The average molecular weight is 373 g/mol. The van der Waals surface area contributed by atoms with Crippen LogP contribution in [0.25, 0.3) is 21.3 Å². The van der Waals surface area contributed by atoms with Gasteiger partial charge >= 0.3 is 0 Å². The third kappa shape index (κ3) is 3.83. The predicted octanol–water partition coefficient (Wildman–Crippen LogP) is 3.57. The van der Waals surface area contributed by atoms with Gasteiger partial charge in [0.1, 0.15) is 17.2 Å². The molecular weight excluding hydrogens is 353 g/mol. The number of nitrogens with one attached hydrogen (secondary N) is 1. The van der Waals surface area contributed by atoms with Gasteiger partial charge < -0.3 is 5.32 Å². The van der Waals surface area contributed by atoms with Gasteiger partial charge in [0.25, 0.3) is 5.56 Å². The van der Waals surface area contributed by atoms with E-state index < -0.39 is 0 Å². The van der Waals surface area contributed by atoms with Crippen molar-refractivity contribution in [2.24, 2.45) is 0 Å². The highest BCUT2D eigenvalue weighted by Gasteiger charge is 2.15. The third-order valence-electron chi connectivity index (χ3n) is 4.16. The van der Waals surface area contributed by atoms with Gasteiger partial charge in [-0.15, -0.1) is 11.3 Å². The molecule has 26 heavy (non-hydrogen) atoms. The van der Waals surface area contributed by atoms with Crippen LogP contribution in [-0.4, -0.2) is 21.5 Å². The summed E-state index contributed by atoms with van der Waals surface area (Å²) in [5.74, 6) is -0.547. The fraction of sp³-hybridized carbons (Fsp3) is 0.316. The van der Waals surface area contributed by atoms with Crippen molar-refractivity contribution in [3.63, 3.8) is 0 Å². The fourth-order valence-electron chi connectivity index (χ4n) is 2.90. The SMILES string of the molecule is CCCC(C)NC(=O)Cn1cnc2scc(-c3ccc(F)cc3)c2c1=O. The van der Waals surface area contributed by atoms with Crippen molar-refractivity contribution in [1.29, 1.82) is 0 Å². The quantitative estimate of drug-likeness (QED) is 0.718. The van der Waals surface area contributed by atoms with E-state index in [0.29, 0.717) is 15.8 Å². The highest BCUT2D eigenvalue weighted by atomic mass is 32.1. The van der Waals surface area contributed by atoms with Gasteiger partial charge in [-0.05, 0) is 31.0 Å². The van der Waals surface area contributed by atoms with Crippen molar-refractivity contribution in [2.75, 3.05) is 0 Å². The molecular formula is C19H20FN3O2S. The van der Waals surface area contributed by atoms with Gasteiger partial charge in [-0.25, -0.2) is 9.37 Å². The van der Waals surface area contributed by atoms with E-state index in [4.69, 9.17) is 0 Å². The highest BCUT2D eigenvalue weighted by Crippen LogP contribution is 2.30. The zero-order chi connectivity index (χ0) is 18.7. The van der Waals surface area contributed by atoms with Crippen molar-refractivity contribution >= 4 is 27.5 Å². The minimum atomic E-state index is -0.332. The van der Waals surface area contributed by atoms with Crippen LogP contribution in [0.5, 0.6) is 0 Å². The lowest BCUT2D eigenvalue weighted by atomic mass is 10.1. The minimum absolute atomic E-state index is 0.0656. The molecule has 0 aliphatic carbocycles. The summed E-state index contributed by atoms with van der Waals surface area (Å²) in [5.41, 5.74) is 1.18. The largest absolute Gasteiger partial charge is 0.352 e. The number of carbonyl (C=O) groups is 1. The second kappa shape index (κ2) is 7.78. The van der Waals surface area contributed by atoms with E-state index >= 15 is 0 Å². The first-order valence-corrected chi connectivity index (χ1v) is 9.39. The molecule has 1 N–H and O–H groups in total. The Labute approximate surface area is 154 Å². The van der Waals surface area contributed by atoms with E-state index in [1.165, 1.54) is 34.4 Å². The summed E-state index contributed by atoms with van der Waals surface area (Å²) in [5, 5.41) is 5.18. The van der Waals surface area contributed by atoms with Crippen LogP contribution in [0.1, 0.15) is 26.7 Å². The van der Waals surface area contributed by atoms with Crippen LogP contribution in [0.2, 0.25) is 0 Å². The number of hydrogen-bond acceptors (Lipinski definition) is 4. The van der Waals surface area contributed by atoms with Gasteiger partial charge in [-0.2, -0.15) is 0 Å². The minimum Gasteiger partial charge on any atom is -0.352 e. The third-order valence-corrected chi connectivity index (χ3v) is 5.05. The van der Waals surface area contributed by atoms with Crippen molar-refractivity contribution in [2.45, 2.75) is 39.3 Å².